The summed E-state index contributed by atoms with van der Waals surface area (Å²) < 4.78 is 13.6. The number of halogens is 2. The van der Waals surface area contributed by atoms with Gasteiger partial charge in [0.1, 0.15) is 5.82 Å². The highest BCUT2D eigenvalue weighted by Crippen LogP contribution is 2.16. The van der Waals surface area contributed by atoms with Crippen LogP contribution in [0, 0.1) is 15.9 Å². The quantitative estimate of drug-likeness (QED) is 0.594. The molecule has 0 atom stereocenters. The van der Waals surface area contributed by atoms with Gasteiger partial charge in [0, 0.05) is 16.1 Å². The second-order valence-corrected chi connectivity index (χ2v) is 3.18. The zero-order chi connectivity index (χ0) is 9.84. The first-order valence-corrected chi connectivity index (χ1v) is 4.15. The maximum absolute atomic E-state index is 12.9. The van der Waals surface area contributed by atoms with Crippen LogP contribution >= 0.6 is 15.9 Å². The second kappa shape index (κ2) is 4.13. The van der Waals surface area contributed by atoms with Crippen molar-refractivity contribution >= 4 is 22.0 Å². The third-order valence-electron chi connectivity index (χ3n) is 1.33. The molecule has 13 heavy (non-hydrogen) atoms. The molecule has 0 saturated carbocycles. The zero-order valence-electron chi connectivity index (χ0n) is 6.41. The number of nitro groups is 1. The summed E-state index contributed by atoms with van der Waals surface area (Å²) in [6.45, 7) is 0. The summed E-state index contributed by atoms with van der Waals surface area (Å²) in [6.07, 6.45) is 1.81. The minimum Gasteiger partial charge on any atom is -0.259 e. The van der Waals surface area contributed by atoms with Crippen LogP contribution in [0.5, 0.6) is 0 Å². The molecule has 0 bridgehead atoms. The van der Waals surface area contributed by atoms with E-state index in [0.717, 1.165) is 6.08 Å². The summed E-state index contributed by atoms with van der Waals surface area (Å²) in [5.41, 5.74) is 0.186. The van der Waals surface area contributed by atoms with Gasteiger partial charge < -0.3 is 0 Å². The second-order valence-electron chi connectivity index (χ2n) is 2.27. The first kappa shape index (κ1) is 9.85. The number of nitrogens with zero attached hydrogens (tertiary/aromatic N) is 1. The molecule has 0 radical (unpaired) electrons. The molecule has 1 aromatic rings. The summed E-state index contributed by atoms with van der Waals surface area (Å²) >= 11 is 3.13. The smallest absolute Gasteiger partial charge is 0.235 e. The topological polar surface area (TPSA) is 43.1 Å². The molecule has 1 rings (SSSR count). The van der Waals surface area contributed by atoms with Gasteiger partial charge in [-0.1, -0.05) is 15.9 Å². The van der Waals surface area contributed by atoms with Crippen LogP contribution < -0.4 is 0 Å². The largest absolute Gasteiger partial charge is 0.259 e. The van der Waals surface area contributed by atoms with Gasteiger partial charge in [0.05, 0.1) is 4.92 Å². The number of hydrogen-bond donors (Lipinski definition) is 0. The maximum Gasteiger partial charge on any atom is 0.235 e. The summed E-state index contributed by atoms with van der Waals surface area (Å²) in [7, 11) is 0. The highest BCUT2D eigenvalue weighted by atomic mass is 79.9. The van der Waals surface area contributed by atoms with Crippen LogP contribution in [0.4, 0.5) is 4.39 Å². The van der Waals surface area contributed by atoms with Crippen LogP contribution in [0.1, 0.15) is 5.56 Å². The van der Waals surface area contributed by atoms with Gasteiger partial charge in [-0.3, -0.25) is 10.1 Å². The van der Waals surface area contributed by atoms with Crippen molar-refractivity contribution in [3.05, 3.63) is 50.4 Å². The molecule has 0 spiro atoms. The molecule has 1 aromatic carbocycles. The normalized spacial score (nSPS) is 10.6. The van der Waals surface area contributed by atoms with E-state index < -0.39 is 10.7 Å². The van der Waals surface area contributed by atoms with Crippen LogP contribution in [0.2, 0.25) is 0 Å². The van der Waals surface area contributed by atoms with Crippen molar-refractivity contribution in [2.45, 2.75) is 0 Å². The lowest BCUT2D eigenvalue weighted by Crippen LogP contribution is -1.85. The van der Waals surface area contributed by atoms with Crippen molar-refractivity contribution in [1.82, 2.24) is 0 Å². The highest BCUT2D eigenvalue weighted by Gasteiger charge is 1.99. The van der Waals surface area contributed by atoms with Crippen molar-refractivity contribution in [2.75, 3.05) is 0 Å². The lowest BCUT2D eigenvalue weighted by molar-refractivity contribution is -0.400. The molecule has 0 aliphatic heterocycles. The number of benzene rings is 1. The lowest BCUT2D eigenvalue weighted by atomic mass is 10.2. The Bertz CT molecular complexity index is 365. The van der Waals surface area contributed by atoms with E-state index >= 15 is 0 Å². The number of rotatable bonds is 2. The summed E-state index contributed by atoms with van der Waals surface area (Å²) in [5, 5.41) is 9.95. The van der Waals surface area contributed by atoms with Crippen molar-refractivity contribution in [1.29, 1.82) is 0 Å². The van der Waals surface area contributed by atoms with Crippen molar-refractivity contribution in [2.24, 2.45) is 0 Å². The minimum atomic E-state index is -0.639. The Morgan fingerprint density at radius 3 is 2.85 bits per heavy atom. The van der Waals surface area contributed by atoms with Gasteiger partial charge in [-0.05, 0) is 18.2 Å². The molecule has 0 aliphatic rings. The Kier molecular flexibility index (Phi) is 3.13. The van der Waals surface area contributed by atoms with Gasteiger partial charge in [0.15, 0.2) is 0 Å². The highest BCUT2D eigenvalue weighted by molar-refractivity contribution is 9.10. The van der Waals surface area contributed by atoms with E-state index in [1.165, 1.54) is 18.2 Å². The molecule has 68 valence electrons. The molecule has 5 heteroatoms. The zero-order valence-corrected chi connectivity index (χ0v) is 7.99. The molecule has 0 unspecified atom stereocenters. The molecular weight excluding hydrogens is 241 g/mol. The molecule has 0 fully saturated rings. The van der Waals surface area contributed by atoms with Gasteiger partial charge in [-0.25, -0.2) is 4.39 Å². The van der Waals surface area contributed by atoms with Crippen LogP contribution in [0.15, 0.2) is 28.9 Å². The van der Waals surface area contributed by atoms with Crippen LogP contribution in [0.3, 0.4) is 0 Å². The Morgan fingerprint density at radius 2 is 2.23 bits per heavy atom. The van der Waals surface area contributed by atoms with Gasteiger partial charge in [0.2, 0.25) is 6.20 Å². The standard InChI is InChI=1S/C8H5BrFNO2/c9-7-1-2-8(10)6(5-7)3-4-11(12)13/h1-5H. The van der Waals surface area contributed by atoms with E-state index in [4.69, 9.17) is 0 Å². The summed E-state index contributed by atoms with van der Waals surface area (Å²) in [6, 6.07) is 4.23. The fourth-order valence-electron chi connectivity index (χ4n) is 0.783. The van der Waals surface area contributed by atoms with Crippen molar-refractivity contribution in [3.63, 3.8) is 0 Å². The van der Waals surface area contributed by atoms with Gasteiger partial charge in [0.25, 0.3) is 0 Å². The van der Waals surface area contributed by atoms with Crippen molar-refractivity contribution < 1.29 is 9.31 Å². The molecule has 0 aromatic heterocycles. The molecule has 0 heterocycles. The fraction of sp³-hybridized carbons (Fsp3) is 0. The Balaban J connectivity index is 3.00. The van der Waals surface area contributed by atoms with E-state index in [2.05, 4.69) is 15.9 Å². The predicted molar refractivity (Wildman–Crippen MR) is 50.1 cm³/mol. The SMILES string of the molecule is O=[N+]([O-])C=Cc1cc(Br)ccc1F. The van der Waals surface area contributed by atoms with E-state index in [1.54, 1.807) is 0 Å². The van der Waals surface area contributed by atoms with E-state index in [-0.39, 0.29) is 5.56 Å². The summed E-state index contributed by atoms with van der Waals surface area (Å²) in [5.74, 6) is -0.485. The molecule has 0 amide bonds. The average Bonchev–Trinajstić information content (AvgIpc) is 2.06. The number of hydrogen-bond acceptors (Lipinski definition) is 2. The molecule has 0 aliphatic carbocycles. The van der Waals surface area contributed by atoms with Crippen LogP contribution in [0.25, 0.3) is 6.08 Å². The van der Waals surface area contributed by atoms with Gasteiger partial charge in [-0.15, -0.1) is 0 Å². The predicted octanol–water partition coefficient (Wildman–Crippen LogP) is 2.84. The van der Waals surface area contributed by atoms with E-state index in [0.29, 0.717) is 10.7 Å². The maximum atomic E-state index is 12.9. The Hall–Kier alpha value is -1.23. The van der Waals surface area contributed by atoms with Gasteiger partial charge >= 0.3 is 0 Å². The molecule has 0 saturated heterocycles. The Labute approximate surface area is 82.2 Å². The first-order valence-electron chi connectivity index (χ1n) is 3.36. The van der Waals surface area contributed by atoms with Crippen molar-refractivity contribution in [3.8, 4) is 0 Å². The van der Waals surface area contributed by atoms with E-state index in [1.807, 2.05) is 0 Å². The third kappa shape index (κ3) is 2.95. The fourth-order valence-corrected chi connectivity index (χ4v) is 1.16. The first-order chi connectivity index (χ1) is 6.09. The third-order valence-corrected chi connectivity index (χ3v) is 1.83. The van der Waals surface area contributed by atoms with Gasteiger partial charge in [-0.2, -0.15) is 0 Å². The molecule has 3 nitrogen and oxygen atoms in total. The van der Waals surface area contributed by atoms with Crippen LogP contribution in [-0.4, -0.2) is 4.92 Å². The Morgan fingerprint density at radius 1 is 1.54 bits per heavy atom. The summed E-state index contributed by atoms with van der Waals surface area (Å²) in [4.78, 5) is 9.31. The minimum absolute atomic E-state index is 0.186. The molecular formula is C8H5BrFNO2. The monoisotopic (exact) mass is 245 g/mol. The van der Waals surface area contributed by atoms with E-state index in [9.17, 15) is 14.5 Å². The lowest BCUT2D eigenvalue weighted by Gasteiger charge is -1.95. The average molecular weight is 246 g/mol. The molecule has 0 N–H and O–H groups in total. The van der Waals surface area contributed by atoms with Crippen LogP contribution in [-0.2, 0) is 0 Å².